The van der Waals surface area contributed by atoms with Crippen molar-refractivity contribution >= 4 is 0 Å². The fourth-order valence-corrected chi connectivity index (χ4v) is 2.20. The highest BCUT2D eigenvalue weighted by atomic mass is 15.0. The fraction of sp³-hybridized carbons (Fsp3) is 1.00. The number of rotatable bonds is 2. The van der Waals surface area contributed by atoms with Crippen molar-refractivity contribution < 1.29 is 0 Å². The Balaban J connectivity index is 2.46. The van der Waals surface area contributed by atoms with E-state index in [0.29, 0.717) is 0 Å². The van der Waals surface area contributed by atoms with Crippen LogP contribution in [0.2, 0.25) is 0 Å². The molecule has 1 aliphatic rings. The van der Waals surface area contributed by atoms with Gasteiger partial charge in [-0.05, 0) is 31.1 Å². The first kappa shape index (κ1) is 10.0. The highest BCUT2D eigenvalue weighted by Crippen LogP contribution is 2.33. The van der Waals surface area contributed by atoms with Crippen LogP contribution in [0, 0.1) is 11.8 Å². The van der Waals surface area contributed by atoms with Gasteiger partial charge in [-0.1, -0.05) is 26.7 Å². The molecule has 0 radical (unpaired) electrons. The molecule has 1 fully saturated rings. The Bertz CT molecular complexity index is 143. The molecule has 2 nitrogen and oxygen atoms in total. The fourth-order valence-electron chi connectivity index (χ4n) is 2.20. The average molecular weight is 170 g/mol. The molecule has 2 atom stereocenters. The first-order valence-corrected chi connectivity index (χ1v) is 5.13. The zero-order valence-electron chi connectivity index (χ0n) is 8.34. The van der Waals surface area contributed by atoms with Crippen LogP contribution in [0.25, 0.3) is 0 Å². The summed E-state index contributed by atoms with van der Waals surface area (Å²) in [5, 5.41) is 0. The summed E-state index contributed by atoms with van der Waals surface area (Å²) in [5.74, 6) is 1.55. The van der Waals surface area contributed by atoms with Crippen LogP contribution in [-0.4, -0.2) is 5.66 Å². The Kier molecular flexibility index (Phi) is 3.13. The molecule has 1 saturated carbocycles. The third kappa shape index (κ3) is 2.46. The number of hydrogen-bond donors (Lipinski definition) is 2. The van der Waals surface area contributed by atoms with Crippen LogP contribution < -0.4 is 11.5 Å². The van der Waals surface area contributed by atoms with E-state index >= 15 is 0 Å². The lowest BCUT2D eigenvalue weighted by Gasteiger charge is -2.37. The molecular formula is C10H22N2. The normalized spacial score (nSPS) is 31.5. The summed E-state index contributed by atoms with van der Waals surface area (Å²) < 4.78 is 0. The first-order chi connectivity index (χ1) is 5.55. The second kappa shape index (κ2) is 3.75. The van der Waals surface area contributed by atoms with Gasteiger partial charge in [-0.25, -0.2) is 0 Å². The van der Waals surface area contributed by atoms with Gasteiger partial charge in [0, 0.05) is 0 Å². The smallest absolute Gasteiger partial charge is 0.0639 e. The quantitative estimate of drug-likeness (QED) is 0.621. The highest BCUT2D eigenvalue weighted by molar-refractivity contribution is 4.86. The van der Waals surface area contributed by atoms with Crippen molar-refractivity contribution in [3.63, 3.8) is 0 Å². The van der Waals surface area contributed by atoms with Crippen LogP contribution in [0.5, 0.6) is 0 Å². The Labute approximate surface area is 75.7 Å². The predicted molar refractivity (Wildman–Crippen MR) is 52.5 cm³/mol. The van der Waals surface area contributed by atoms with E-state index in [1.807, 2.05) is 0 Å². The maximum absolute atomic E-state index is 5.94. The van der Waals surface area contributed by atoms with Gasteiger partial charge >= 0.3 is 0 Å². The molecule has 0 aromatic heterocycles. The van der Waals surface area contributed by atoms with Crippen molar-refractivity contribution in [1.29, 1.82) is 0 Å². The van der Waals surface area contributed by atoms with Crippen molar-refractivity contribution in [1.82, 2.24) is 0 Å². The molecule has 0 saturated heterocycles. The molecule has 0 aromatic carbocycles. The van der Waals surface area contributed by atoms with Crippen molar-refractivity contribution in [2.45, 2.75) is 51.6 Å². The molecule has 1 aliphatic carbocycles. The lowest BCUT2D eigenvalue weighted by molar-refractivity contribution is 0.177. The third-order valence-corrected chi connectivity index (χ3v) is 3.31. The standard InChI is InChI=1S/C10H22N2/c1-3-8(2)9-5-4-6-10(11,12)7-9/h8-9H,3-7,11-12H2,1-2H3. The van der Waals surface area contributed by atoms with E-state index in [2.05, 4.69) is 13.8 Å². The van der Waals surface area contributed by atoms with E-state index in [4.69, 9.17) is 11.5 Å². The van der Waals surface area contributed by atoms with E-state index in [1.165, 1.54) is 19.3 Å². The third-order valence-electron chi connectivity index (χ3n) is 3.31. The summed E-state index contributed by atoms with van der Waals surface area (Å²) in [6, 6.07) is 0. The van der Waals surface area contributed by atoms with E-state index in [1.54, 1.807) is 0 Å². The van der Waals surface area contributed by atoms with Gasteiger partial charge in [0.05, 0.1) is 5.66 Å². The van der Waals surface area contributed by atoms with E-state index in [-0.39, 0.29) is 5.66 Å². The van der Waals surface area contributed by atoms with E-state index in [0.717, 1.165) is 24.7 Å². The monoisotopic (exact) mass is 170 g/mol. The van der Waals surface area contributed by atoms with Crippen molar-refractivity contribution in [2.75, 3.05) is 0 Å². The minimum absolute atomic E-state index is 0.369. The zero-order valence-corrected chi connectivity index (χ0v) is 8.34. The summed E-state index contributed by atoms with van der Waals surface area (Å²) in [4.78, 5) is 0. The molecule has 72 valence electrons. The van der Waals surface area contributed by atoms with Gasteiger partial charge in [-0.15, -0.1) is 0 Å². The van der Waals surface area contributed by atoms with Gasteiger partial charge in [0.15, 0.2) is 0 Å². The van der Waals surface area contributed by atoms with Crippen LogP contribution in [-0.2, 0) is 0 Å². The van der Waals surface area contributed by atoms with Crippen molar-refractivity contribution in [3.05, 3.63) is 0 Å². The minimum Gasteiger partial charge on any atom is -0.313 e. The van der Waals surface area contributed by atoms with Crippen molar-refractivity contribution in [3.8, 4) is 0 Å². The Morgan fingerprint density at radius 1 is 1.50 bits per heavy atom. The maximum Gasteiger partial charge on any atom is 0.0639 e. The SMILES string of the molecule is CCC(C)C1CCCC(N)(N)C1. The summed E-state index contributed by atoms with van der Waals surface area (Å²) in [7, 11) is 0. The van der Waals surface area contributed by atoms with Gasteiger partial charge < -0.3 is 11.5 Å². The topological polar surface area (TPSA) is 52.0 Å². The largest absolute Gasteiger partial charge is 0.313 e. The summed E-state index contributed by atoms with van der Waals surface area (Å²) >= 11 is 0. The summed E-state index contributed by atoms with van der Waals surface area (Å²) in [6.07, 6.45) is 5.80. The van der Waals surface area contributed by atoms with Crippen LogP contribution in [0.3, 0.4) is 0 Å². The highest BCUT2D eigenvalue weighted by Gasteiger charge is 2.30. The van der Waals surface area contributed by atoms with E-state index in [9.17, 15) is 0 Å². The van der Waals surface area contributed by atoms with E-state index < -0.39 is 0 Å². The minimum atomic E-state index is -0.369. The molecule has 0 heterocycles. The van der Waals surface area contributed by atoms with Gasteiger partial charge in [0.25, 0.3) is 0 Å². The zero-order chi connectivity index (χ0) is 9.19. The predicted octanol–water partition coefficient (Wildman–Crippen LogP) is 1.84. The van der Waals surface area contributed by atoms with Gasteiger partial charge in [-0.3, -0.25) is 0 Å². The van der Waals surface area contributed by atoms with Crippen LogP contribution in [0.15, 0.2) is 0 Å². The average Bonchev–Trinajstić information content (AvgIpc) is 2.01. The van der Waals surface area contributed by atoms with Gasteiger partial charge in [0.1, 0.15) is 0 Å². The molecule has 2 unspecified atom stereocenters. The molecule has 0 aliphatic heterocycles. The molecule has 0 spiro atoms. The van der Waals surface area contributed by atoms with Crippen LogP contribution in [0.1, 0.15) is 46.0 Å². The maximum atomic E-state index is 5.94. The molecule has 12 heavy (non-hydrogen) atoms. The first-order valence-electron chi connectivity index (χ1n) is 5.13. The molecule has 1 rings (SSSR count). The number of nitrogens with two attached hydrogens (primary N) is 2. The second-order valence-electron chi connectivity index (χ2n) is 4.48. The van der Waals surface area contributed by atoms with Crippen LogP contribution >= 0.6 is 0 Å². The Hall–Kier alpha value is -0.0800. The molecule has 0 amide bonds. The van der Waals surface area contributed by atoms with Crippen LogP contribution in [0.4, 0.5) is 0 Å². The Morgan fingerprint density at radius 3 is 2.67 bits per heavy atom. The molecule has 2 heteroatoms. The molecule has 0 aromatic rings. The molecule has 0 bridgehead atoms. The molecule has 4 N–H and O–H groups in total. The number of hydrogen-bond acceptors (Lipinski definition) is 2. The lowest BCUT2D eigenvalue weighted by atomic mass is 9.75. The Morgan fingerprint density at radius 2 is 2.17 bits per heavy atom. The molecular weight excluding hydrogens is 148 g/mol. The van der Waals surface area contributed by atoms with Gasteiger partial charge in [-0.2, -0.15) is 0 Å². The lowest BCUT2D eigenvalue weighted by Crippen LogP contribution is -2.53. The second-order valence-corrected chi connectivity index (χ2v) is 4.48. The summed E-state index contributed by atoms with van der Waals surface area (Å²) in [5.41, 5.74) is 11.5. The van der Waals surface area contributed by atoms with Gasteiger partial charge in [0.2, 0.25) is 0 Å². The summed E-state index contributed by atoms with van der Waals surface area (Å²) in [6.45, 7) is 4.56. The van der Waals surface area contributed by atoms with Crippen molar-refractivity contribution in [2.24, 2.45) is 23.3 Å².